The molecule has 9 heteroatoms. The highest BCUT2D eigenvalue weighted by atomic mass is 16.5. The number of esters is 1. The molecule has 1 aliphatic rings. The molecule has 2 N–H and O–H groups in total. The smallest absolute Gasteiger partial charge is 0.323 e. The van der Waals surface area contributed by atoms with Gasteiger partial charge in [-0.3, -0.25) is 14.6 Å². The third kappa shape index (κ3) is 9.68. The number of benzene rings is 3. The monoisotopic (exact) mass is 639 g/mol. The summed E-state index contributed by atoms with van der Waals surface area (Å²) in [6.07, 6.45) is 8.42. The third-order valence-corrected chi connectivity index (χ3v) is 8.16. The van der Waals surface area contributed by atoms with Gasteiger partial charge in [-0.25, -0.2) is 0 Å². The summed E-state index contributed by atoms with van der Waals surface area (Å²) in [6.45, 7) is 5.45. The van der Waals surface area contributed by atoms with Crippen LogP contribution in [0, 0.1) is 5.92 Å². The van der Waals surface area contributed by atoms with E-state index in [1.807, 2.05) is 30.3 Å². The fraction of sp³-hybridized carbons (Fsp3) is 0.395. The van der Waals surface area contributed by atoms with Crippen LogP contribution in [-0.2, 0) is 9.53 Å². The molecule has 0 unspecified atom stereocenters. The molecule has 1 amide bonds. The summed E-state index contributed by atoms with van der Waals surface area (Å²) in [5.41, 5.74) is 1.97. The van der Waals surface area contributed by atoms with Crippen LogP contribution in [0.25, 0.3) is 10.9 Å². The van der Waals surface area contributed by atoms with Gasteiger partial charge in [-0.05, 0) is 106 Å². The number of methoxy groups -OCH3 is 1. The van der Waals surface area contributed by atoms with Gasteiger partial charge in [0.1, 0.15) is 23.6 Å². The van der Waals surface area contributed by atoms with Crippen LogP contribution < -0.4 is 24.8 Å². The molecular weight excluding hydrogens is 594 g/mol. The van der Waals surface area contributed by atoms with Crippen LogP contribution in [0.15, 0.2) is 79.0 Å². The average molecular weight is 640 g/mol. The van der Waals surface area contributed by atoms with Gasteiger partial charge in [-0.15, -0.1) is 0 Å². The highest BCUT2D eigenvalue weighted by Crippen LogP contribution is 2.37. The molecule has 9 nitrogen and oxygen atoms in total. The molecule has 1 atom stereocenters. The van der Waals surface area contributed by atoms with Crippen LogP contribution in [0.3, 0.4) is 0 Å². The summed E-state index contributed by atoms with van der Waals surface area (Å²) in [7, 11) is 1.61. The predicted octanol–water partition coefficient (Wildman–Crippen LogP) is 7.94. The number of pyridine rings is 1. The molecule has 0 radical (unpaired) electrons. The Balaban J connectivity index is 1.13. The SMILES string of the molecule is COc1cc2c(Oc3ccc(NC(=O)c4ccccc4)cc3)ccnc2cc1OCCCCN[C@@H](CC(C)C)C(=O)OC1CCCC1. The van der Waals surface area contributed by atoms with E-state index in [4.69, 9.17) is 18.9 Å². The lowest BCUT2D eigenvalue weighted by Crippen LogP contribution is -2.41. The minimum absolute atomic E-state index is 0.0777. The van der Waals surface area contributed by atoms with Gasteiger partial charge in [0, 0.05) is 28.9 Å². The minimum atomic E-state index is -0.280. The molecule has 1 heterocycles. The zero-order valence-corrected chi connectivity index (χ0v) is 27.5. The van der Waals surface area contributed by atoms with E-state index in [1.165, 1.54) is 0 Å². The Morgan fingerprint density at radius 1 is 0.915 bits per heavy atom. The number of amides is 1. The van der Waals surface area contributed by atoms with Gasteiger partial charge < -0.3 is 29.6 Å². The second-order valence-corrected chi connectivity index (χ2v) is 12.3. The maximum Gasteiger partial charge on any atom is 0.323 e. The first-order chi connectivity index (χ1) is 22.9. The van der Waals surface area contributed by atoms with E-state index in [2.05, 4.69) is 29.5 Å². The zero-order chi connectivity index (χ0) is 33.0. The van der Waals surface area contributed by atoms with Gasteiger partial charge in [-0.1, -0.05) is 32.0 Å². The summed E-state index contributed by atoms with van der Waals surface area (Å²) < 4.78 is 23.8. The van der Waals surface area contributed by atoms with Crippen molar-refractivity contribution in [3.63, 3.8) is 0 Å². The highest BCUT2D eigenvalue weighted by molar-refractivity contribution is 6.04. The van der Waals surface area contributed by atoms with Crippen LogP contribution in [0.1, 0.15) is 69.2 Å². The van der Waals surface area contributed by atoms with E-state index < -0.39 is 0 Å². The molecule has 0 aliphatic heterocycles. The second kappa shape index (κ2) is 16.8. The highest BCUT2D eigenvalue weighted by Gasteiger charge is 2.25. The molecule has 0 saturated heterocycles. The Hall–Kier alpha value is -4.63. The number of anilines is 1. The number of unbranched alkanes of at least 4 members (excludes halogenated alkanes) is 1. The maximum absolute atomic E-state index is 12.8. The normalized spacial score (nSPS) is 13.8. The van der Waals surface area contributed by atoms with Gasteiger partial charge in [0.05, 0.1) is 19.2 Å². The Morgan fingerprint density at radius 2 is 1.68 bits per heavy atom. The molecule has 248 valence electrons. The Bertz CT molecular complexity index is 1600. The molecule has 0 spiro atoms. The van der Waals surface area contributed by atoms with E-state index in [-0.39, 0.29) is 24.0 Å². The predicted molar refractivity (Wildman–Crippen MR) is 184 cm³/mol. The number of nitrogens with one attached hydrogen (secondary N) is 2. The number of aromatic nitrogens is 1. The first kappa shape index (κ1) is 33.7. The van der Waals surface area contributed by atoms with Gasteiger partial charge in [0.2, 0.25) is 0 Å². The number of hydrogen-bond acceptors (Lipinski definition) is 8. The summed E-state index contributed by atoms with van der Waals surface area (Å²) >= 11 is 0. The van der Waals surface area contributed by atoms with Gasteiger partial charge in [0.15, 0.2) is 11.5 Å². The summed E-state index contributed by atoms with van der Waals surface area (Å²) in [4.78, 5) is 29.8. The molecule has 0 bridgehead atoms. The maximum atomic E-state index is 12.8. The van der Waals surface area contributed by atoms with E-state index in [0.717, 1.165) is 50.3 Å². The van der Waals surface area contributed by atoms with Crippen molar-refractivity contribution < 1.29 is 28.5 Å². The Kier molecular flexibility index (Phi) is 12.0. The summed E-state index contributed by atoms with van der Waals surface area (Å²) in [6, 6.07) is 21.5. The van der Waals surface area contributed by atoms with Gasteiger partial charge in [-0.2, -0.15) is 0 Å². The van der Waals surface area contributed by atoms with Crippen molar-refractivity contribution in [2.24, 2.45) is 5.92 Å². The van der Waals surface area contributed by atoms with Crippen LogP contribution in [0.5, 0.6) is 23.0 Å². The quantitative estimate of drug-likeness (QED) is 0.0940. The minimum Gasteiger partial charge on any atom is -0.493 e. The van der Waals surface area contributed by atoms with E-state index >= 15 is 0 Å². The van der Waals surface area contributed by atoms with E-state index in [0.29, 0.717) is 58.8 Å². The molecule has 1 saturated carbocycles. The molecule has 4 aromatic rings. The van der Waals surface area contributed by atoms with Crippen molar-refractivity contribution >= 4 is 28.5 Å². The number of carbonyl (C=O) groups is 2. The standard InChI is InChI=1S/C38H45N3O6/c1-26(2)23-33(38(43)47-29-13-7-8-14-29)39-20-9-10-22-45-36-25-32-31(24-35(36)44-3)34(19-21-40-32)46-30-17-15-28(16-18-30)41-37(42)27-11-5-4-6-12-27/h4-6,11-12,15-19,21,24-26,29,33,39H,7-10,13-14,20,22-23H2,1-3H3,(H,41,42)/t33-/m0/s1. The number of rotatable bonds is 16. The lowest BCUT2D eigenvalue weighted by atomic mass is 10.0. The zero-order valence-electron chi connectivity index (χ0n) is 27.5. The van der Waals surface area contributed by atoms with E-state index in [1.54, 1.807) is 55.8 Å². The number of fused-ring (bicyclic) bond motifs is 1. The van der Waals surface area contributed by atoms with Crippen molar-refractivity contribution in [1.82, 2.24) is 10.3 Å². The molecule has 1 fully saturated rings. The van der Waals surface area contributed by atoms with Crippen LogP contribution in [-0.4, -0.2) is 49.3 Å². The molecule has 1 aromatic heterocycles. The molecule has 47 heavy (non-hydrogen) atoms. The third-order valence-electron chi connectivity index (χ3n) is 8.16. The van der Waals surface area contributed by atoms with Crippen LogP contribution in [0.4, 0.5) is 5.69 Å². The first-order valence-electron chi connectivity index (χ1n) is 16.6. The number of nitrogens with zero attached hydrogens (tertiary/aromatic N) is 1. The lowest BCUT2D eigenvalue weighted by Gasteiger charge is -2.21. The fourth-order valence-corrected chi connectivity index (χ4v) is 5.69. The van der Waals surface area contributed by atoms with Gasteiger partial charge in [0.25, 0.3) is 5.91 Å². The van der Waals surface area contributed by atoms with Crippen molar-refractivity contribution in [3.8, 4) is 23.0 Å². The molecular formula is C38H45N3O6. The van der Waals surface area contributed by atoms with Crippen molar-refractivity contribution in [2.45, 2.75) is 70.9 Å². The van der Waals surface area contributed by atoms with Crippen LogP contribution >= 0.6 is 0 Å². The topological polar surface area (TPSA) is 108 Å². The first-order valence-corrected chi connectivity index (χ1v) is 16.6. The second-order valence-electron chi connectivity index (χ2n) is 12.3. The van der Waals surface area contributed by atoms with Crippen molar-refractivity contribution in [2.75, 3.05) is 25.6 Å². The average Bonchev–Trinajstić information content (AvgIpc) is 3.59. The number of carbonyl (C=O) groups excluding carboxylic acids is 2. The number of hydrogen-bond donors (Lipinski definition) is 2. The lowest BCUT2D eigenvalue weighted by molar-refractivity contribution is -0.151. The van der Waals surface area contributed by atoms with E-state index in [9.17, 15) is 9.59 Å². The molecule has 1 aliphatic carbocycles. The largest absolute Gasteiger partial charge is 0.493 e. The molecule has 5 rings (SSSR count). The van der Waals surface area contributed by atoms with Crippen molar-refractivity contribution in [3.05, 3.63) is 84.6 Å². The van der Waals surface area contributed by atoms with Crippen molar-refractivity contribution in [1.29, 1.82) is 0 Å². The Labute approximate surface area is 277 Å². The molecule has 3 aromatic carbocycles. The number of ether oxygens (including phenoxy) is 4. The fourth-order valence-electron chi connectivity index (χ4n) is 5.69. The summed E-state index contributed by atoms with van der Waals surface area (Å²) in [5.74, 6) is 2.52. The Morgan fingerprint density at radius 3 is 2.40 bits per heavy atom. The van der Waals surface area contributed by atoms with Gasteiger partial charge >= 0.3 is 5.97 Å². The van der Waals surface area contributed by atoms with Crippen LogP contribution in [0.2, 0.25) is 0 Å². The summed E-state index contributed by atoms with van der Waals surface area (Å²) in [5, 5.41) is 7.10.